The van der Waals surface area contributed by atoms with Gasteiger partial charge in [-0.15, -0.1) is 0 Å². The predicted octanol–water partition coefficient (Wildman–Crippen LogP) is 11.9. The number of anilines is 4. The number of hydrogen-bond donors (Lipinski definition) is 0. The van der Waals surface area contributed by atoms with Crippen LogP contribution in [0.2, 0.25) is 0 Å². The zero-order valence-corrected chi connectivity index (χ0v) is 27.5. The van der Waals surface area contributed by atoms with E-state index in [2.05, 4.69) is 182 Å². The van der Waals surface area contributed by atoms with Gasteiger partial charge >= 0.3 is 0 Å². The van der Waals surface area contributed by atoms with Crippen molar-refractivity contribution in [3.8, 4) is 28.0 Å². The third-order valence-corrected chi connectivity index (χ3v) is 8.55. The average molecular weight is 613 g/mol. The first-order valence-electron chi connectivity index (χ1n) is 15.9. The second-order valence-electron chi connectivity index (χ2n) is 11.6. The van der Waals surface area contributed by atoms with Crippen molar-refractivity contribution in [2.75, 3.05) is 24.0 Å². The van der Waals surface area contributed by atoms with E-state index in [1.54, 1.807) is 7.11 Å². The molecule has 0 atom stereocenters. The monoisotopic (exact) mass is 612 g/mol. The van der Waals surface area contributed by atoms with Crippen LogP contribution in [0.1, 0.15) is 19.4 Å². The van der Waals surface area contributed by atoms with E-state index in [1.165, 1.54) is 33.4 Å². The minimum absolute atomic E-state index is 0.849. The van der Waals surface area contributed by atoms with E-state index < -0.39 is 0 Å². The minimum atomic E-state index is 0.849. The van der Waals surface area contributed by atoms with Crippen LogP contribution in [0.4, 0.5) is 22.7 Å². The average Bonchev–Trinajstić information content (AvgIpc) is 3.15. The quantitative estimate of drug-likeness (QED) is 0.143. The molecule has 0 fully saturated rings. The minimum Gasteiger partial charge on any atom is -0.497 e. The molecule has 0 radical (unpaired) electrons. The second kappa shape index (κ2) is 14.5. The number of hydrogen-bond acceptors (Lipinski definition) is 3. The highest BCUT2D eigenvalue weighted by atomic mass is 16.5. The Balaban J connectivity index is 1.33. The molecule has 6 aromatic carbocycles. The van der Waals surface area contributed by atoms with Crippen LogP contribution in [0.15, 0.2) is 176 Å². The molecule has 0 amide bonds. The molecule has 0 aliphatic rings. The number of ether oxygens (including phenoxy) is 1. The molecular formula is C44H40N2O. The Hall–Kier alpha value is -5.80. The largest absolute Gasteiger partial charge is 0.497 e. The number of nitrogens with zero attached hydrogens (tertiary/aromatic N) is 2. The van der Waals surface area contributed by atoms with Gasteiger partial charge in [0.15, 0.2) is 0 Å². The van der Waals surface area contributed by atoms with E-state index >= 15 is 0 Å². The summed E-state index contributed by atoms with van der Waals surface area (Å²) < 4.78 is 5.41. The molecule has 3 nitrogen and oxygen atoms in total. The first-order valence-corrected chi connectivity index (χ1v) is 15.9. The predicted molar refractivity (Wildman–Crippen MR) is 201 cm³/mol. The van der Waals surface area contributed by atoms with Gasteiger partial charge in [-0.1, -0.05) is 109 Å². The van der Waals surface area contributed by atoms with Gasteiger partial charge in [-0.2, -0.15) is 0 Å². The van der Waals surface area contributed by atoms with Crippen LogP contribution >= 0.6 is 0 Å². The van der Waals surface area contributed by atoms with E-state index in [0.29, 0.717) is 0 Å². The van der Waals surface area contributed by atoms with Crippen LogP contribution in [-0.2, 0) is 0 Å². The summed E-state index contributed by atoms with van der Waals surface area (Å²) in [6.07, 6.45) is 4.35. The molecule has 6 rings (SSSR count). The van der Waals surface area contributed by atoms with Crippen molar-refractivity contribution in [1.29, 1.82) is 0 Å². The van der Waals surface area contributed by atoms with Crippen LogP contribution in [0.5, 0.6) is 5.75 Å². The number of allylic oxidation sites excluding steroid dienone is 4. The lowest BCUT2D eigenvalue weighted by atomic mass is 10.0. The molecule has 0 N–H and O–H groups in total. The normalized spacial score (nSPS) is 11.7. The van der Waals surface area contributed by atoms with Crippen molar-refractivity contribution >= 4 is 28.3 Å². The highest BCUT2D eigenvalue weighted by Gasteiger charge is 2.15. The van der Waals surface area contributed by atoms with Gasteiger partial charge in [0.05, 0.1) is 7.11 Å². The molecule has 0 bridgehead atoms. The molecule has 0 aromatic heterocycles. The lowest BCUT2D eigenvalue weighted by Gasteiger charge is -2.27. The fourth-order valence-electron chi connectivity index (χ4n) is 5.71. The van der Waals surface area contributed by atoms with Gasteiger partial charge in [-0.3, -0.25) is 0 Å². The van der Waals surface area contributed by atoms with Gasteiger partial charge in [0.2, 0.25) is 0 Å². The molecule has 0 saturated heterocycles. The Morgan fingerprint density at radius 2 is 1.00 bits per heavy atom. The van der Waals surface area contributed by atoms with Crippen LogP contribution in [0.3, 0.4) is 0 Å². The maximum atomic E-state index is 5.41. The van der Waals surface area contributed by atoms with Crippen LogP contribution in [-0.4, -0.2) is 14.2 Å². The maximum Gasteiger partial charge on any atom is 0.120 e. The summed E-state index contributed by atoms with van der Waals surface area (Å²) in [5.41, 5.74) is 12.7. The molecule has 0 heterocycles. The first-order chi connectivity index (χ1) is 23.0. The zero-order chi connectivity index (χ0) is 32.6. The summed E-state index contributed by atoms with van der Waals surface area (Å²) in [5.74, 6) is 0.849. The molecule has 0 unspecified atom stereocenters. The molecule has 0 saturated carbocycles. The van der Waals surface area contributed by atoms with Gasteiger partial charge in [-0.05, 0) is 102 Å². The summed E-state index contributed by atoms with van der Waals surface area (Å²) in [6, 6.07) is 55.7. The highest BCUT2D eigenvalue weighted by Crippen LogP contribution is 2.38. The molecular weight excluding hydrogens is 572 g/mol. The fraction of sp³-hybridized carbons (Fsp3) is 0.0909. The van der Waals surface area contributed by atoms with Crippen molar-refractivity contribution in [3.63, 3.8) is 0 Å². The SMILES string of the molecule is COc1cccc(N(C)/C(C)=C/C=C(\C)c2ccc(N(c3cccc(-c4ccccc4)c3)c3cccc(-c4ccccc4)c3)cc2)c1. The number of methoxy groups -OCH3 is 1. The highest BCUT2D eigenvalue weighted by molar-refractivity contribution is 5.83. The lowest BCUT2D eigenvalue weighted by Crippen LogP contribution is -2.13. The lowest BCUT2D eigenvalue weighted by molar-refractivity contribution is 0.415. The molecule has 232 valence electrons. The van der Waals surface area contributed by atoms with Crippen molar-refractivity contribution in [2.24, 2.45) is 0 Å². The Morgan fingerprint density at radius 3 is 1.55 bits per heavy atom. The van der Waals surface area contributed by atoms with Gasteiger partial charge in [0, 0.05) is 41.6 Å². The van der Waals surface area contributed by atoms with Crippen molar-refractivity contribution in [1.82, 2.24) is 0 Å². The van der Waals surface area contributed by atoms with E-state index in [0.717, 1.165) is 34.2 Å². The van der Waals surface area contributed by atoms with E-state index in [-0.39, 0.29) is 0 Å². The summed E-state index contributed by atoms with van der Waals surface area (Å²) in [4.78, 5) is 4.51. The summed E-state index contributed by atoms with van der Waals surface area (Å²) in [5, 5.41) is 0. The fourth-order valence-corrected chi connectivity index (χ4v) is 5.71. The molecule has 6 aromatic rings. The number of rotatable bonds is 10. The Morgan fingerprint density at radius 1 is 0.489 bits per heavy atom. The second-order valence-corrected chi connectivity index (χ2v) is 11.6. The Bertz CT molecular complexity index is 1910. The van der Waals surface area contributed by atoms with Crippen LogP contribution in [0, 0.1) is 0 Å². The molecule has 3 heteroatoms. The maximum absolute atomic E-state index is 5.41. The first kappa shape index (κ1) is 31.2. The summed E-state index contributed by atoms with van der Waals surface area (Å²) in [6.45, 7) is 4.28. The van der Waals surface area contributed by atoms with Gasteiger partial charge in [0.25, 0.3) is 0 Å². The van der Waals surface area contributed by atoms with Crippen molar-refractivity contribution < 1.29 is 4.74 Å². The van der Waals surface area contributed by atoms with Crippen molar-refractivity contribution in [2.45, 2.75) is 13.8 Å². The Labute approximate surface area is 279 Å². The van der Waals surface area contributed by atoms with Gasteiger partial charge < -0.3 is 14.5 Å². The van der Waals surface area contributed by atoms with E-state index in [9.17, 15) is 0 Å². The molecule has 0 aliphatic heterocycles. The standard InChI is InChI=1S/C44H40N2O/c1-33(24-25-34(2)45(3)41-20-13-23-44(32-41)47-4)35-26-28-40(29-27-35)46(42-21-11-18-38(30-42)36-14-7-5-8-15-36)43-22-12-19-39(31-43)37-16-9-6-10-17-37/h5-32H,1-4H3/b33-24+,34-25+. The smallest absolute Gasteiger partial charge is 0.120 e. The number of benzene rings is 6. The van der Waals surface area contributed by atoms with E-state index in [4.69, 9.17) is 4.74 Å². The van der Waals surface area contributed by atoms with Crippen LogP contribution < -0.4 is 14.5 Å². The van der Waals surface area contributed by atoms with Gasteiger partial charge in [0.1, 0.15) is 5.75 Å². The molecule has 0 aliphatic carbocycles. The molecule has 0 spiro atoms. The summed E-state index contributed by atoms with van der Waals surface area (Å²) in [7, 11) is 3.77. The van der Waals surface area contributed by atoms with Crippen molar-refractivity contribution in [3.05, 3.63) is 181 Å². The zero-order valence-electron chi connectivity index (χ0n) is 27.5. The third-order valence-electron chi connectivity index (χ3n) is 8.55. The summed E-state index contributed by atoms with van der Waals surface area (Å²) >= 11 is 0. The molecule has 47 heavy (non-hydrogen) atoms. The van der Waals surface area contributed by atoms with Gasteiger partial charge in [-0.25, -0.2) is 0 Å². The Kier molecular flexibility index (Phi) is 9.64. The third kappa shape index (κ3) is 7.37. The van der Waals surface area contributed by atoms with E-state index in [1.807, 2.05) is 18.2 Å². The topological polar surface area (TPSA) is 15.7 Å². The van der Waals surface area contributed by atoms with Crippen LogP contribution in [0.25, 0.3) is 27.8 Å².